The van der Waals surface area contributed by atoms with Crippen molar-refractivity contribution in [3.05, 3.63) is 84.4 Å². The van der Waals surface area contributed by atoms with Gasteiger partial charge < -0.3 is 4.74 Å². The monoisotopic (exact) mass is 279 g/mol. The van der Waals surface area contributed by atoms with Crippen molar-refractivity contribution in [2.24, 2.45) is 0 Å². The Balaban J connectivity index is 1.77. The fourth-order valence-corrected chi connectivity index (χ4v) is 2.08. The van der Waals surface area contributed by atoms with Crippen molar-refractivity contribution < 1.29 is 9.13 Å². The lowest BCUT2D eigenvalue weighted by molar-refractivity contribution is 0.306. The van der Waals surface area contributed by atoms with Crippen LogP contribution in [0.15, 0.2) is 73.1 Å². The van der Waals surface area contributed by atoms with Gasteiger partial charge in [-0.25, -0.2) is 4.39 Å². The number of ether oxygens (including phenoxy) is 1. The molecule has 0 atom stereocenters. The van der Waals surface area contributed by atoms with E-state index in [2.05, 4.69) is 4.98 Å². The topological polar surface area (TPSA) is 22.1 Å². The van der Waals surface area contributed by atoms with Crippen LogP contribution in [-0.4, -0.2) is 4.98 Å². The number of pyridine rings is 1. The Hall–Kier alpha value is -2.68. The first-order chi connectivity index (χ1) is 10.3. The molecule has 0 aliphatic rings. The van der Waals surface area contributed by atoms with E-state index in [0.29, 0.717) is 6.61 Å². The van der Waals surface area contributed by atoms with Gasteiger partial charge in [0.15, 0.2) is 0 Å². The zero-order valence-corrected chi connectivity index (χ0v) is 11.4. The van der Waals surface area contributed by atoms with E-state index < -0.39 is 0 Å². The molecule has 2 nitrogen and oxygen atoms in total. The molecule has 0 amide bonds. The SMILES string of the molecule is Fc1cccc(-c2cncc(COc3ccccc3)c2)c1. The summed E-state index contributed by atoms with van der Waals surface area (Å²) in [6, 6.07) is 18.1. The van der Waals surface area contributed by atoms with Crippen molar-refractivity contribution in [1.82, 2.24) is 4.98 Å². The number of para-hydroxylation sites is 1. The average molecular weight is 279 g/mol. The van der Waals surface area contributed by atoms with Crippen molar-refractivity contribution in [3.8, 4) is 16.9 Å². The van der Waals surface area contributed by atoms with Gasteiger partial charge in [0.25, 0.3) is 0 Å². The number of rotatable bonds is 4. The highest BCUT2D eigenvalue weighted by Gasteiger charge is 2.02. The van der Waals surface area contributed by atoms with Crippen LogP contribution in [0.2, 0.25) is 0 Å². The lowest BCUT2D eigenvalue weighted by atomic mass is 10.1. The van der Waals surface area contributed by atoms with Crippen LogP contribution in [0.25, 0.3) is 11.1 Å². The van der Waals surface area contributed by atoms with Gasteiger partial charge in [-0.3, -0.25) is 4.98 Å². The van der Waals surface area contributed by atoms with E-state index in [0.717, 1.165) is 22.4 Å². The molecule has 0 aliphatic heterocycles. The van der Waals surface area contributed by atoms with E-state index in [9.17, 15) is 4.39 Å². The molecule has 0 aliphatic carbocycles. The van der Waals surface area contributed by atoms with Crippen LogP contribution in [-0.2, 0) is 6.61 Å². The van der Waals surface area contributed by atoms with E-state index in [4.69, 9.17) is 4.74 Å². The molecule has 0 fully saturated rings. The van der Waals surface area contributed by atoms with Gasteiger partial charge in [-0.15, -0.1) is 0 Å². The first-order valence-corrected chi connectivity index (χ1v) is 6.69. The second kappa shape index (κ2) is 6.18. The van der Waals surface area contributed by atoms with Crippen LogP contribution < -0.4 is 4.74 Å². The lowest BCUT2D eigenvalue weighted by Gasteiger charge is -2.07. The molecular weight excluding hydrogens is 265 g/mol. The van der Waals surface area contributed by atoms with Gasteiger partial charge in [-0.2, -0.15) is 0 Å². The largest absolute Gasteiger partial charge is 0.489 e. The highest BCUT2D eigenvalue weighted by atomic mass is 19.1. The summed E-state index contributed by atoms with van der Waals surface area (Å²) in [4.78, 5) is 4.20. The molecule has 0 saturated carbocycles. The summed E-state index contributed by atoms with van der Waals surface area (Å²) in [5.74, 6) is 0.562. The summed E-state index contributed by atoms with van der Waals surface area (Å²) in [6.45, 7) is 0.431. The van der Waals surface area contributed by atoms with E-state index in [1.807, 2.05) is 42.5 Å². The molecule has 2 aromatic carbocycles. The highest BCUT2D eigenvalue weighted by Crippen LogP contribution is 2.21. The molecule has 3 aromatic rings. The quantitative estimate of drug-likeness (QED) is 0.703. The minimum atomic E-state index is -0.251. The number of hydrogen-bond acceptors (Lipinski definition) is 2. The Morgan fingerprint density at radius 3 is 2.52 bits per heavy atom. The summed E-state index contributed by atoms with van der Waals surface area (Å²) in [5, 5.41) is 0. The van der Waals surface area contributed by atoms with Crippen molar-refractivity contribution in [1.29, 1.82) is 0 Å². The standard InChI is InChI=1S/C18H14FNO/c19-17-6-4-5-15(10-17)16-9-14(11-20-12-16)13-21-18-7-2-1-3-8-18/h1-12H,13H2. The van der Waals surface area contributed by atoms with Gasteiger partial charge in [-0.05, 0) is 35.9 Å². The zero-order valence-electron chi connectivity index (χ0n) is 11.4. The smallest absolute Gasteiger partial charge is 0.123 e. The predicted molar refractivity (Wildman–Crippen MR) is 80.4 cm³/mol. The average Bonchev–Trinajstić information content (AvgIpc) is 2.54. The summed E-state index contributed by atoms with van der Waals surface area (Å²) in [5.41, 5.74) is 2.63. The lowest BCUT2D eigenvalue weighted by Crippen LogP contribution is -1.96. The van der Waals surface area contributed by atoms with Crippen molar-refractivity contribution in [2.45, 2.75) is 6.61 Å². The summed E-state index contributed by atoms with van der Waals surface area (Å²) in [6.07, 6.45) is 3.48. The first kappa shape index (κ1) is 13.3. The van der Waals surface area contributed by atoms with Crippen LogP contribution in [0.1, 0.15) is 5.56 Å². The first-order valence-electron chi connectivity index (χ1n) is 6.69. The van der Waals surface area contributed by atoms with Crippen molar-refractivity contribution >= 4 is 0 Å². The number of aromatic nitrogens is 1. The van der Waals surface area contributed by atoms with E-state index >= 15 is 0 Å². The third kappa shape index (κ3) is 3.45. The van der Waals surface area contributed by atoms with Gasteiger partial charge in [0.05, 0.1) is 0 Å². The summed E-state index contributed by atoms with van der Waals surface area (Å²) in [7, 11) is 0. The van der Waals surface area contributed by atoms with Gasteiger partial charge in [-0.1, -0.05) is 30.3 Å². The third-order valence-corrected chi connectivity index (χ3v) is 3.10. The summed E-state index contributed by atoms with van der Waals surface area (Å²) >= 11 is 0. The molecule has 0 saturated heterocycles. The number of halogens is 1. The molecule has 0 spiro atoms. The second-order valence-corrected chi connectivity index (χ2v) is 4.69. The van der Waals surface area contributed by atoms with Crippen LogP contribution in [0.4, 0.5) is 4.39 Å². The van der Waals surface area contributed by atoms with Crippen LogP contribution in [0, 0.1) is 5.82 Å². The fraction of sp³-hybridized carbons (Fsp3) is 0.0556. The van der Waals surface area contributed by atoms with Gasteiger partial charge in [0.1, 0.15) is 18.2 Å². The maximum Gasteiger partial charge on any atom is 0.123 e. The molecule has 21 heavy (non-hydrogen) atoms. The van der Waals surface area contributed by atoms with Crippen LogP contribution in [0.5, 0.6) is 5.75 Å². The number of nitrogens with zero attached hydrogens (tertiary/aromatic N) is 1. The molecule has 0 bridgehead atoms. The fourth-order valence-electron chi connectivity index (χ4n) is 2.08. The van der Waals surface area contributed by atoms with E-state index in [-0.39, 0.29) is 5.82 Å². The van der Waals surface area contributed by atoms with Crippen molar-refractivity contribution in [2.75, 3.05) is 0 Å². The minimum absolute atomic E-state index is 0.251. The molecule has 1 heterocycles. The molecule has 0 radical (unpaired) electrons. The number of benzene rings is 2. The predicted octanol–water partition coefficient (Wildman–Crippen LogP) is 4.47. The Morgan fingerprint density at radius 1 is 0.857 bits per heavy atom. The maximum absolute atomic E-state index is 13.3. The van der Waals surface area contributed by atoms with Crippen LogP contribution >= 0.6 is 0 Å². The highest BCUT2D eigenvalue weighted by molar-refractivity contribution is 5.62. The Morgan fingerprint density at radius 2 is 1.71 bits per heavy atom. The molecule has 3 heteroatoms. The molecule has 1 aromatic heterocycles. The Labute approximate surface area is 122 Å². The van der Waals surface area contributed by atoms with Gasteiger partial charge in [0, 0.05) is 23.5 Å². The van der Waals surface area contributed by atoms with E-state index in [1.165, 1.54) is 12.1 Å². The Kier molecular flexibility index (Phi) is 3.92. The Bertz CT molecular complexity index is 728. The molecular formula is C18H14FNO. The molecule has 0 unspecified atom stereocenters. The maximum atomic E-state index is 13.3. The van der Waals surface area contributed by atoms with Crippen molar-refractivity contribution in [3.63, 3.8) is 0 Å². The summed E-state index contributed by atoms with van der Waals surface area (Å²) < 4.78 is 19.0. The molecule has 104 valence electrons. The van der Waals surface area contributed by atoms with E-state index in [1.54, 1.807) is 18.5 Å². The zero-order chi connectivity index (χ0) is 14.5. The minimum Gasteiger partial charge on any atom is -0.489 e. The van der Waals surface area contributed by atoms with Gasteiger partial charge >= 0.3 is 0 Å². The van der Waals surface area contributed by atoms with Gasteiger partial charge in [0.2, 0.25) is 0 Å². The molecule has 0 N–H and O–H groups in total. The second-order valence-electron chi connectivity index (χ2n) is 4.69. The normalized spacial score (nSPS) is 10.3. The number of hydrogen-bond donors (Lipinski definition) is 0. The third-order valence-electron chi connectivity index (χ3n) is 3.10. The molecule has 3 rings (SSSR count). The van der Waals surface area contributed by atoms with Crippen LogP contribution in [0.3, 0.4) is 0 Å².